The van der Waals surface area contributed by atoms with E-state index in [-0.39, 0.29) is 5.56 Å². The summed E-state index contributed by atoms with van der Waals surface area (Å²) in [5.74, 6) is -1.93. The summed E-state index contributed by atoms with van der Waals surface area (Å²) in [5, 5.41) is 38.3. The predicted molar refractivity (Wildman–Crippen MR) is 70.5 cm³/mol. The average molecular weight is 291 g/mol. The Morgan fingerprint density at radius 3 is 2.81 bits per heavy atom. The Kier molecular flexibility index (Phi) is 4.05. The van der Waals surface area contributed by atoms with Crippen molar-refractivity contribution in [2.75, 3.05) is 13.1 Å². The van der Waals surface area contributed by atoms with Gasteiger partial charge in [0.2, 0.25) is 5.75 Å². The van der Waals surface area contributed by atoms with E-state index in [9.17, 15) is 20.0 Å². The topological polar surface area (TPSA) is 128 Å². The summed E-state index contributed by atoms with van der Waals surface area (Å²) in [6.45, 7) is 1.25. The molecule has 0 spiro atoms. The fourth-order valence-electron chi connectivity index (χ4n) is 2.43. The normalized spacial score (nSPS) is 18.3. The van der Waals surface area contributed by atoms with E-state index in [1.54, 1.807) is 6.07 Å². The number of aliphatic carboxylic acids is 1. The SMILES string of the molecule is N#Cc1cc(CN2CC[C@@H](C(=O)O)C2)cc([N+](=O)[O-])c1O. The number of nitrogens with zero attached hydrogens (tertiary/aromatic N) is 3. The number of likely N-dealkylation sites (tertiary alicyclic amines) is 1. The summed E-state index contributed by atoms with van der Waals surface area (Å²) in [6, 6.07) is 4.31. The van der Waals surface area contributed by atoms with Crippen molar-refractivity contribution in [3.8, 4) is 11.8 Å². The number of nitro groups is 1. The number of hydrogen-bond acceptors (Lipinski definition) is 6. The molecule has 2 N–H and O–H groups in total. The fraction of sp³-hybridized carbons (Fsp3) is 0.385. The molecule has 0 aliphatic carbocycles. The Morgan fingerprint density at radius 1 is 1.57 bits per heavy atom. The van der Waals surface area contributed by atoms with Gasteiger partial charge in [-0.3, -0.25) is 19.8 Å². The molecule has 1 saturated heterocycles. The molecule has 1 aliphatic heterocycles. The summed E-state index contributed by atoms with van der Waals surface area (Å²) in [4.78, 5) is 22.9. The second kappa shape index (κ2) is 5.76. The van der Waals surface area contributed by atoms with Gasteiger partial charge in [0.25, 0.3) is 0 Å². The number of benzene rings is 1. The van der Waals surface area contributed by atoms with Gasteiger partial charge < -0.3 is 10.2 Å². The van der Waals surface area contributed by atoms with E-state index >= 15 is 0 Å². The molecule has 0 saturated carbocycles. The van der Waals surface area contributed by atoms with Crippen LogP contribution < -0.4 is 0 Å². The third-order valence-electron chi connectivity index (χ3n) is 3.49. The smallest absolute Gasteiger partial charge is 0.312 e. The molecule has 0 bridgehead atoms. The molecule has 8 nitrogen and oxygen atoms in total. The van der Waals surface area contributed by atoms with Crippen molar-refractivity contribution in [3.63, 3.8) is 0 Å². The Bertz CT molecular complexity index is 637. The van der Waals surface area contributed by atoms with Crippen molar-refractivity contribution >= 4 is 11.7 Å². The highest BCUT2D eigenvalue weighted by atomic mass is 16.6. The second-order valence-corrected chi connectivity index (χ2v) is 4.94. The van der Waals surface area contributed by atoms with E-state index in [1.807, 2.05) is 4.90 Å². The third-order valence-corrected chi connectivity index (χ3v) is 3.49. The lowest BCUT2D eigenvalue weighted by Crippen LogP contribution is -2.22. The van der Waals surface area contributed by atoms with Crippen LogP contribution in [0.25, 0.3) is 0 Å². The summed E-state index contributed by atoms with van der Waals surface area (Å²) in [5.41, 5.74) is -0.173. The maximum absolute atomic E-state index is 10.9. The van der Waals surface area contributed by atoms with Gasteiger partial charge in [-0.05, 0) is 24.6 Å². The van der Waals surface area contributed by atoms with Crippen LogP contribution >= 0.6 is 0 Å². The summed E-state index contributed by atoms with van der Waals surface area (Å²) >= 11 is 0. The molecule has 0 aromatic heterocycles. The molecular formula is C13H13N3O5. The van der Waals surface area contributed by atoms with Gasteiger partial charge in [0.05, 0.1) is 10.8 Å². The molecule has 21 heavy (non-hydrogen) atoms. The zero-order chi connectivity index (χ0) is 15.6. The zero-order valence-corrected chi connectivity index (χ0v) is 11.0. The number of nitriles is 1. The highest BCUT2D eigenvalue weighted by Crippen LogP contribution is 2.31. The van der Waals surface area contributed by atoms with Crippen LogP contribution in [0.3, 0.4) is 0 Å². The Hall–Kier alpha value is -2.66. The summed E-state index contributed by atoms with van der Waals surface area (Å²) in [6.07, 6.45) is 0.528. The third kappa shape index (κ3) is 3.09. The molecule has 0 amide bonds. The van der Waals surface area contributed by atoms with Crippen LogP contribution in [0.15, 0.2) is 12.1 Å². The van der Waals surface area contributed by atoms with Crippen molar-refractivity contribution in [1.82, 2.24) is 4.90 Å². The molecule has 1 fully saturated rings. The Morgan fingerprint density at radius 2 is 2.29 bits per heavy atom. The van der Waals surface area contributed by atoms with Crippen LogP contribution in [0.5, 0.6) is 5.75 Å². The summed E-state index contributed by atoms with van der Waals surface area (Å²) < 4.78 is 0. The Balaban J connectivity index is 2.22. The van der Waals surface area contributed by atoms with Crippen LogP contribution in [-0.2, 0) is 11.3 Å². The number of carbonyl (C=O) groups is 1. The predicted octanol–water partition coefficient (Wildman–Crippen LogP) is 1.08. The largest absolute Gasteiger partial charge is 0.501 e. The highest BCUT2D eigenvalue weighted by Gasteiger charge is 2.28. The molecule has 110 valence electrons. The quantitative estimate of drug-likeness (QED) is 0.627. The van der Waals surface area contributed by atoms with Crippen LogP contribution in [-0.4, -0.2) is 39.1 Å². The molecule has 2 rings (SSSR count). The van der Waals surface area contributed by atoms with Crippen molar-refractivity contribution in [1.29, 1.82) is 5.26 Å². The van der Waals surface area contributed by atoms with E-state index < -0.39 is 28.2 Å². The average Bonchev–Trinajstić information content (AvgIpc) is 2.89. The first-order valence-electron chi connectivity index (χ1n) is 6.28. The monoisotopic (exact) mass is 291 g/mol. The number of phenols is 1. The van der Waals surface area contributed by atoms with Crippen LogP contribution in [0, 0.1) is 27.4 Å². The number of phenolic OH excluding ortho intramolecular Hbond substituents is 1. The van der Waals surface area contributed by atoms with Gasteiger partial charge in [-0.15, -0.1) is 0 Å². The van der Waals surface area contributed by atoms with Crippen LogP contribution in [0.1, 0.15) is 17.5 Å². The Labute approximate surface area is 120 Å². The molecule has 0 unspecified atom stereocenters. The van der Waals surface area contributed by atoms with E-state index in [0.717, 1.165) is 0 Å². The molecule has 1 heterocycles. The maximum atomic E-state index is 10.9. The van der Waals surface area contributed by atoms with Crippen molar-refractivity contribution in [3.05, 3.63) is 33.4 Å². The fourth-order valence-corrected chi connectivity index (χ4v) is 2.43. The van der Waals surface area contributed by atoms with Crippen LogP contribution in [0.2, 0.25) is 0 Å². The molecular weight excluding hydrogens is 278 g/mol. The van der Waals surface area contributed by atoms with Crippen molar-refractivity contribution < 1.29 is 19.9 Å². The number of hydrogen-bond donors (Lipinski definition) is 2. The van der Waals surface area contributed by atoms with Crippen molar-refractivity contribution in [2.24, 2.45) is 5.92 Å². The maximum Gasteiger partial charge on any atom is 0.312 e. The first kappa shape index (κ1) is 14.7. The lowest BCUT2D eigenvalue weighted by atomic mass is 10.1. The molecule has 1 aliphatic rings. The van der Waals surface area contributed by atoms with Gasteiger partial charge >= 0.3 is 11.7 Å². The number of carboxylic acid groups (broad SMARTS) is 1. The number of rotatable bonds is 4. The minimum atomic E-state index is -0.855. The number of nitro benzene ring substituents is 1. The van der Waals surface area contributed by atoms with Gasteiger partial charge in [-0.2, -0.15) is 5.26 Å². The van der Waals surface area contributed by atoms with E-state index in [4.69, 9.17) is 10.4 Å². The van der Waals surface area contributed by atoms with Crippen LogP contribution in [0.4, 0.5) is 5.69 Å². The van der Waals surface area contributed by atoms with Gasteiger partial charge in [-0.25, -0.2) is 0 Å². The van der Waals surface area contributed by atoms with Gasteiger partial charge in [0.1, 0.15) is 11.6 Å². The van der Waals surface area contributed by atoms with Gasteiger partial charge in [0, 0.05) is 19.2 Å². The standard InChI is InChI=1S/C13H13N3O5/c14-5-10-3-8(4-11(12(10)17)16(20)21)6-15-2-1-9(7-15)13(18)19/h3-4,9,17H,1-2,6-7H2,(H,18,19)/t9-/m1/s1. The lowest BCUT2D eigenvalue weighted by Gasteiger charge is -2.15. The second-order valence-electron chi connectivity index (χ2n) is 4.94. The zero-order valence-electron chi connectivity index (χ0n) is 11.0. The molecule has 8 heteroatoms. The molecule has 1 aromatic carbocycles. The van der Waals surface area contributed by atoms with Gasteiger partial charge in [0.15, 0.2) is 0 Å². The van der Waals surface area contributed by atoms with Gasteiger partial charge in [-0.1, -0.05) is 0 Å². The van der Waals surface area contributed by atoms with E-state index in [0.29, 0.717) is 31.6 Å². The molecule has 0 radical (unpaired) electrons. The first-order valence-corrected chi connectivity index (χ1v) is 6.28. The molecule has 1 aromatic rings. The van der Waals surface area contributed by atoms with E-state index in [2.05, 4.69) is 0 Å². The lowest BCUT2D eigenvalue weighted by molar-refractivity contribution is -0.386. The number of aromatic hydroxyl groups is 1. The molecule has 1 atom stereocenters. The highest BCUT2D eigenvalue weighted by molar-refractivity contribution is 5.70. The van der Waals surface area contributed by atoms with Crippen molar-refractivity contribution in [2.45, 2.75) is 13.0 Å². The minimum absolute atomic E-state index is 0.159. The van der Waals surface area contributed by atoms with E-state index in [1.165, 1.54) is 12.1 Å². The number of carboxylic acids is 1. The summed E-state index contributed by atoms with van der Waals surface area (Å²) in [7, 11) is 0. The minimum Gasteiger partial charge on any atom is -0.501 e. The first-order chi connectivity index (χ1) is 9.92.